The lowest BCUT2D eigenvalue weighted by molar-refractivity contribution is 0.604. The van der Waals surface area contributed by atoms with Crippen molar-refractivity contribution in [3.8, 4) is 0 Å². The molecule has 0 bridgehead atoms. The summed E-state index contributed by atoms with van der Waals surface area (Å²) in [6.07, 6.45) is 4.42. The molecule has 0 aromatic heterocycles. The zero-order valence-corrected chi connectivity index (χ0v) is 12.4. The highest BCUT2D eigenvalue weighted by molar-refractivity contribution is 7.98. The largest absolute Gasteiger partial charge is 0.356 e. The minimum Gasteiger partial charge on any atom is -0.356 e. The van der Waals surface area contributed by atoms with E-state index in [0.29, 0.717) is 18.1 Å². The lowest BCUT2D eigenvalue weighted by Gasteiger charge is -2.12. The molecule has 0 heterocycles. The summed E-state index contributed by atoms with van der Waals surface area (Å²) in [5, 5.41) is 6.34. The molecule has 0 unspecified atom stereocenters. The maximum atomic E-state index is 13.4. The first kappa shape index (κ1) is 15.8. The average molecular weight is 283 g/mol. The quantitative estimate of drug-likeness (QED) is 0.459. The minimum absolute atomic E-state index is 0.189. The number of nitrogens with zero attached hydrogens (tertiary/aromatic N) is 1. The highest BCUT2D eigenvalue weighted by Crippen LogP contribution is 2.05. The molecule has 106 valence electrons. The van der Waals surface area contributed by atoms with E-state index < -0.39 is 0 Å². The second kappa shape index (κ2) is 9.67. The predicted molar refractivity (Wildman–Crippen MR) is 82.2 cm³/mol. The number of unbranched alkanes of at least 4 members (excludes halogenated alkanes) is 1. The Balaban J connectivity index is 2.28. The Bertz CT molecular complexity index is 396. The van der Waals surface area contributed by atoms with Crippen molar-refractivity contribution < 1.29 is 4.39 Å². The van der Waals surface area contributed by atoms with Crippen LogP contribution in [0.2, 0.25) is 0 Å². The first-order valence-corrected chi connectivity index (χ1v) is 7.84. The average Bonchev–Trinajstić information content (AvgIpc) is 2.43. The van der Waals surface area contributed by atoms with Gasteiger partial charge in [-0.05, 0) is 30.9 Å². The monoisotopic (exact) mass is 283 g/mol. The molecule has 1 rings (SSSR count). The summed E-state index contributed by atoms with van der Waals surface area (Å²) in [7, 11) is 1.72. The molecule has 0 aliphatic carbocycles. The van der Waals surface area contributed by atoms with Crippen LogP contribution in [0.15, 0.2) is 29.3 Å². The summed E-state index contributed by atoms with van der Waals surface area (Å²) >= 11 is 1.86. The standard InChI is InChI=1S/C14H22FN3S/c1-16-14(17-9-5-6-10-19-2)18-11-12-7-3-4-8-13(12)15/h3-4,7-8H,5-6,9-11H2,1-2H3,(H2,16,17,18). The van der Waals surface area contributed by atoms with E-state index in [1.165, 1.54) is 18.2 Å². The molecule has 0 radical (unpaired) electrons. The van der Waals surface area contributed by atoms with Crippen LogP contribution in [0.1, 0.15) is 18.4 Å². The number of thioether (sulfide) groups is 1. The Morgan fingerprint density at radius 2 is 2.05 bits per heavy atom. The van der Waals surface area contributed by atoms with Crippen LogP contribution in [0.4, 0.5) is 4.39 Å². The van der Waals surface area contributed by atoms with Gasteiger partial charge in [0, 0.05) is 25.7 Å². The summed E-state index contributed by atoms with van der Waals surface area (Å²) < 4.78 is 13.4. The van der Waals surface area contributed by atoms with Gasteiger partial charge in [0.2, 0.25) is 0 Å². The summed E-state index contributed by atoms with van der Waals surface area (Å²) in [6.45, 7) is 1.33. The SMILES string of the molecule is CN=C(NCCCCSC)NCc1ccccc1F. The van der Waals surface area contributed by atoms with E-state index in [1.54, 1.807) is 19.2 Å². The molecule has 0 saturated carbocycles. The van der Waals surface area contributed by atoms with Crippen LogP contribution in [-0.4, -0.2) is 31.6 Å². The van der Waals surface area contributed by atoms with Gasteiger partial charge in [0.05, 0.1) is 0 Å². The lowest BCUT2D eigenvalue weighted by Crippen LogP contribution is -2.37. The lowest BCUT2D eigenvalue weighted by atomic mass is 10.2. The van der Waals surface area contributed by atoms with Gasteiger partial charge >= 0.3 is 0 Å². The molecule has 2 N–H and O–H groups in total. The van der Waals surface area contributed by atoms with Gasteiger partial charge in [-0.15, -0.1) is 0 Å². The van der Waals surface area contributed by atoms with Crippen molar-refractivity contribution in [2.45, 2.75) is 19.4 Å². The number of hydrogen-bond acceptors (Lipinski definition) is 2. The van der Waals surface area contributed by atoms with Gasteiger partial charge in [-0.2, -0.15) is 11.8 Å². The number of halogens is 1. The van der Waals surface area contributed by atoms with Gasteiger partial charge < -0.3 is 10.6 Å². The normalized spacial score (nSPS) is 11.4. The van der Waals surface area contributed by atoms with Crippen LogP contribution in [0, 0.1) is 5.82 Å². The molecule has 0 fully saturated rings. The van der Waals surface area contributed by atoms with Gasteiger partial charge in [0.15, 0.2) is 5.96 Å². The number of hydrogen-bond donors (Lipinski definition) is 2. The molecule has 0 spiro atoms. The molecule has 5 heteroatoms. The van der Waals surface area contributed by atoms with Crippen LogP contribution in [0.5, 0.6) is 0 Å². The molecule has 0 aliphatic rings. The number of rotatable bonds is 7. The van der Waals surface area contributed by atoms with Crippen LogP contribution >= 0.6 is 11.8 Å². The topological polar surface area (TPSA) is 36.4 Å². The maximum absolute atomic E-state index is 13.4. The third-order valence-corrected chi connectivity index (χ3v) is 3.39. The van der Waals surface area contributed by atoms with E-state index in [9.17, 15) is 4.39 Å². The van der Waals surface area contributed by atoms with E-state index in [0.717, 1.165) is 13.0 Å². The Morgan fingerprint density at radius 1 is 1.26 bits per heavy atom. The zero-order chi connectivity index (χ0) is 13.9. The van der Waals surface area contributed by atoms with Gasteiger partial charge in [0.25, 0.3) is 0 Å². The molecule has 3 nitrogen and oxygen atoms in total. The fourth-order valence-corrected chi connectivity index (χ4v) is 2.11. The Morgan fingerprint density at radius 3 is 2.74 bits per heavy atom. The fraction of sp³-hybridized carbons (Fsp3) is 0.500. The minimum atomic E-state index is -0.189. The van der Waals surface area contributed by atoms with Crippen molar-refractivity contribution in [3.63, 3.8) is 0 Å². The first-order chi connectivity index (χ1) is 9.27. The summed E-state index contributed by atoms with van der Waals surface area (Å²) in [4.78, 5) is 4.12. The molecule has 19 heavy (non-hydrogen) atoms. The van der Waals surface area contributed by atoms with Crippen LogP contribution in [0.25, 0.3) is 0 Å². The molecule has 1 aromatic rings. The molecule has 0 aliphatic heterocycles. The third kappa shape index (κ3) is 6.47. The van der Waals surface area contributed by atoms with E-state index in [1.807, 2.05) is 17.8 Å². The molecule has 0 amide bonds. The zero-order valence-electron chi connectivity index (χ0n) is 11.6. The fourth-order valence-electron chi connectivity index (χ4n) is 1.62. The number of guanidine groups is 1. The van der Waals surface area contributed by atoms with Crippen LogP contribution in [0.3, 0.4) is 0 Å². The highest BCUT2D eigenvalue weighted by Gasteiger charge is 2.02. The van der Waals surface area contributed by atoms with Crippen molar-refractivity contribution in [2.75, 3.05) is 25.6 Å². The Hall–Kier alpha value is -1.23. The number of benzene rings is 1. The van der Waals surface area contributed by atoms with Crippen molar-refractivity contribution in [1.29, 1.82) is 0 Å². The molecule has 0 saturated heterocycles. The molecular formula is C14H22FN3S. The van der Waals surface area contributed by atoms with Gasteiger partial charge in [0.1, 0.15) is 5.82 Å². The first-order valence-electron chi connectivity index (χ1n) is 6.44. The molecule has 1 aromatic carbocycles. The molecule has 0 atom stereocenters. The van der Waals surface area contributed by atoms with Gasteiger partial charge in [-0.3, -0.25) is 4.99 Å². The highest BCUT2D eigenvalue weighted by atomic mass is 32.2. The van der Waals surface area contributed by atoms with E-state index in [4.69, 9.17) is 0 Å². The maximum Gasteiger partial charge on any atom is 0.191 e. The van der Waals surface area contributed by atoms with Crippen molar-refractivity contribution in [1.82, 2.24) is 10.6 Å². The second-order valence-electron chi connectivity index (χ2n) is 4.14. The Labute approximate surface area is 119 Å². The summed E-state index contributed by atoms with van der Waals surface area (Å²) in [5.41, 5.74) is 0.646. The summed E-state index contributed by atoms with van der Waals surface area (Å²) in [5.74, 6) is 1.71. The predicted octanol–water partition coefficient (Wildman–Crippen LogP) is 2.63. The number of aliphatic imine (C=N–C) groups is 1. The number of nitrogens with one attached hydrogen (secondary N) is 2. The van der Waals surface area contributed by atoms with Gasteiger partial charge in [-0.1, -0.05) is 18.2 Å². The van der Waals surface area contributed by atoms with Gasteiger partial charge in [-0.25, -0.2) is 4.39 Å². The van der Waals surface area contributed by atoms with E-state index in [2.05, 4.69) is 21.9 Å². The van der Waals surface area contributed by atoms with Crippen molar-refractivity contribution >= 4 is 17.7 Å². The Kier molecular flexibility index (Phi) is 8.05. The second-order valence-corrected chi connectivity index (χ2v) is 5.13. The summed E-state index contributed by atoms with van der Waals surface area (Å²) in [6, 6.07) is 6.76. The van der Waals surface area contributed by atoms with Crippen molar-refractivity contribution in [2.24, 2.45) is 4.99 Å². The molecular weight excluding hydrogens is 261 g/mol. The van der Waals surface area contributed by atoms with Crippen LogP contribution < -0.4 is 10.6 Å². The van der Waals surface area contributed by atoms with E-state index >= 15 is 0 Å². The van der Waals surface area contributed by atoms with Crippen LogP contribution in [-0.2, 0) is 6.54 Å². The van der Waals surface area contributed by atoms with E-state index in [-0.39, 0.29) is 5.82 Å². The smallest absolute Gasteiger partial charge is 0.191 e. The van der Waals surface area contributed by atoms with Crippen molar-refractivity contribution in [3.05, 3.63) is 35.6 Å². The third-order valence-electron chi connectivity index (χ3n) is 2.70.